The summed E-state index contributed by atoms with van der Waals surface area (Å²) < 4.78 is 0. The van der Waals surface area contributed by atoms with Gasteiger partial charge in [0.05, 0.1) is 17.7 Å². The van der Waals surface area contributed by atoms with Crippen molar-refractivity contribution in [3.63, 3.8) is 0 Å². The number of rotatable bonds is 3. The molecule has 1 atom stereocenters. The molecule has 20 heavy (non-hydrogen) atoms. The maximum absolute atomic E-state index is 12.1. The lowest BCUT2D eigenvalue weighted by Crippen LogP contribution is -2.26. The highest BCUT2D eigenvalue weighted by molar-refractivity contribution is 5.94. The Hall–Kier alpha value is -2.80. The molecule has 0 radical (unpaired) electrons. The first-order valence-corrected chi connectivity index (χ1v) is 6.26. The van der Waals surface area contributed by atoms with Gasteiger partial charge >= 0.3 is 0 Å². The van der Waals surface area contributed by atoms with Gasteiger partial charge in [-0.25, -0.2) is 0 Å². The molecule has 3 N–H and O–H groups in total. The number of nitrogens with two attached hydrogens (primary N) is 1. The average molecular weight is 265 g/mol. The number of nitrogen functional groups attached to an aromatic ring is 1. The van der Waals surface area contributed by atoms with E-state index in [0.29, 0.717) is 16.8 Å². The van der Waals surface area contributed by atoms with E-state index >= 15 is 0 Å². The molecule has 2 aromatic rings. The van der Waals surface area contributed by atoms with E-state index in [4.69, 9.17) is 11.0 Å². The van der Waals surface area contributed by atoms with Gasteiger partial charge in [-0.2, -0.15) is 5.26 Å². The maximum Gasteiger partial charge on any atom is 0.251 e. The average Bonchev–Trinajstić information content (AvgIpc) is 2.48. The summed E-state index contributed by atoms with van der Waals surface area (Å²) in [7, 11) is 0. The zero-order valence-corrected chi connectivity index (χ0v) is 11.1. The first-order valence-electron chi connectivity index (χ1n) is 6.26. The van der Waals surface area contributed by atoms with Crippen LogP contribution >= 0.6 is 0 Å². The molecule has 2 aromatic carbocycles. The SMILES string of the molecule is CC(NC(=O)c1ccc(C#N)cc1)c1ccc(N)cc1. The molecule has 0 fully saturated rings. The standard InChI is InChI=1S/C16H15N3O/c1-11(13-6-8-15(18)9-7-13)19-16(20)14-4-2-12(10-17)3-5-14/h2-9,11H,18H2,1H3,(H,19,20). The molecule has 0 saturated carbocycles. The lowest BCUT2D eigenvalue weighted by atomic mass is 10.1. The Bertz CT molecular complexity index is 639. The Morgan fingerprint density at radius 3 is 2.30 bits per heavy atom. The van der Waals surface area contributed by atoms with Crippen LogP contribution in [0, 0.1) is 11.3 Å². The fraction of sp³-hybridized carbons (Fsp3) is 0.125. The molecule has 0 aliphatic heterocycles. The first-order chi connectivity index (χ1) is 9.60. The van der Waals surface area contributed by atoms with Gasteiger partial charge in [-0.3, -0.25) is 4.79 Å². The molecule has 0 aromatic heterocycles. The van der Waals surface area contributed by atoms with Crippen molar-refractivity contribution in [2.24, 2.45) is 0 Å². The van der Waals surface area contributed by atoms with Crippen LogP contribution in [0.4, 0.5) is 5.69 Å². The normalized spacial score (nSPS) is 11.4. The van der Waals surface area contributed by atoms with Crippen molar-refractivity contribution in [2.45, 2.75) is 13.0 Å². The van der Waals surface area contributed by atoms with Crippen molar-refractivity contribution in [2.75, 3.05) is 5.73 Å². The van der Waals surface area contributed by atoms with Gasteiger partial charge < -0.3 is 11.1 Å². The fourth-order valence-corrected chi connectivity index (χ4v) is 1.84. The minimum atomic E-state index is -0.168. The molecule has 0 aliphatic carbocycles. The van der Waals surface area contributed by atoms with Crippen LogP contribution in [-0.2, 0) is 0 Å². The van der Waals surface area contributed by atoms with Gasteiger partial charge in [0.1, 0.15) is 0 Å². The summed E-state index contributed by atoms with van der Waals surface area (Å²) in [5.74, 6) is -0.168. The van der Waals surface area contributed by atoms with Crippen molar-refractivity contribution in [3.8, 4) is 6.07 Å². The highest BCUT2D eigenvalue weighted by atomic mass is 16.1. The third kappa shape index (κ3) is 3.15. The van der Waals surface area contributed by atoms with Crippen LogP contribution in [0.15, 0.2) is 48.5 Å². The third-order valence-corrected chi connectivity index (χ3v) is 3.06. The summed E-state index contributed by atoms with van der Waals surface area (Å²) in [6, 6.07) is 15.8. The Kier molecular flexibility index (Phi) is 4.02. The van der Waals surface area contributed by atoms with Crippen LogP contribution in [0.1, 0.15) is 34.5 Å². The lowest BCUT2D eigenvalue weighted by Gasteiger charge is -2.14. The highest BCUT2D eigenvalue weighted by Crippen LogP contribution is 2.15. The van der Waals surface area contributed by atoms with Crippen molar-refractivity contribution in [1.82, 2.24) is 5.32 Å². The number of carbonyl (C=O) groups is 1. The Labute approximate surface area is 117 Å². The molecule has 0 spiro atoms. The second kappa shape index (κ2) is 5.89. The van der Waals surface area contributed by atoms with Crippen molar-refractivity contribution in [3.05, 3.63) is 65.2 Å². The highest BCUT2D eigenvalue weighted by Gasteiger charge is 2.11. The molecule has 100 valence electrons. The van der Waals surface area contributed by atoms with E-state index in [1.165, 1.54) is 0 Å². The van der Waals surface area contributed by atoms with E-state index in [2.05, 4.69) is 5.32 Å². The molecule has 0 heterocycles. The quantitative estimate of drug-likeness (QED) is 0.837. The molecule has 2 rings (SSSR count). The largest absolute Gasteiger partial charge is 0.399 e. The molecule has 4 heteroatoms. The van der Waals surface area contributed by atoms with Crippen LogP contribution in [-0.4, -0.2) is 5.91 Å². The summed E-state index contributed by atoms with van der Waals surface area (Å²) in [6.45, 7) is 1.91. The van der Waals surface area contributed by atoms with Crippen LogP contribution in [0.25, 0.3) is 0 Å². The molecular weight excluding hydrogens is 250 g/mol. The summed E-state index contributed by atoms with van der Waals surface area (Å²) in [5.41, 5.74) is 8.38. The number of anilines is 1. The summed E-state index contributed by atoms with van der Waals surface area (Å²) >= 11 is 0. The van der Waals surface area contributed by atoms with Gasteiger partial charge in [0.15, 0.2) is 0 Å². The number of hydrogen-bond donors (Lipinski definition) is 2. The van der Waals surface area contributed by atoms with Crippen molar-refractivity contribution >= 4 is 11.6 Å². The second-order valence-electron chi connectivity index (χ2n) is 4.55. The zero-order valence-electron chi connectivity index (χ0n) is 11.1. The van der Waals surface area contributed by atoms with Gasteiger partial charge in [0.25, 0.3) is 5.91 Å². The molecule has 1 unspecified atom stereocenters. The smallest absolute Gasteiger partial charge is 0.251 e. The maximum atomic E-state index is 12.1. The summed E-state index contributed by atoms with van der Waals surface area (Å²) in [5, 5.41) is 11.6. The lowest BCUT2D eigenvalue weighted by molar-refractivity contribution is 0.0940. The van der Waals surface area contributed by atoms with E-state index in [0.717, 1.165) is 5.56 Å². The topological polar surface area (TPSA) is 78.9 Å². The molecule has 0 saturated heterocycles. The van der Waals surface area contributed by atoms with Crippen LogP contribution < -0.4 is 11.1 Å². The van der Waals surface area contributed by atoms with Crippen LogP contribution in [0.5, 0.6) is 0 Å². The van der Waals surface area contributed by atoms with Crippen molar-refractivity contribution < 1.29 is 4.79 Å². The predicted octanol–water partition coefficient (Wildman–Crippen LogP) is 2.63. The number of nitriles is 1. The Morgan fingerprint density at radius 2 is 1.75 bits per heavy atom. The first kappa shape index (κ1) is 13.6. The fourth-order valence-electron chi connectivity index (χ4n) is 1.84. The number of hydrogen-bond acceptors (Lipinski definition) is 3. The van der Waals surface area contributed by atoms with E-state index in [1.807, 2.05) is 25.1 Å². The summed E-state index contributed by atoms with van der Waals surface area (Å²) in [4.78, 5) is 12.1. The minimum Gasteiger partial charge on any atom is -0.399 e. The van der Waals surface area contributed by atoms with Gasteiger partial charge in [-0.15, -0.1) is 0 Å². The van der Waals surface area contributed by atoms with E-state index < -0.39 is 0 Å². The van der Waals surface area contributed by atoms with Crippen molar-refractivity contribution in [1.29, 1.82) is 5.26 Å². The van der Waals surface area contributed by atoms with Crippen LogP contribution in [0.2, 0.25) is 0 Å². The second-order valence-corrected chi connectivity index (χ2v) is 4.55. The Morgan fingerprint density at radius 1 is 1.15 bits per heavy atom. The molecule has 0 bridgehead atoms. The van der Waals surface area contributed by atoms with Gasteiger partial charge in [-0.1, -0.05) is 12.1 Å². The molecule has 1 amide bonds. The monoisotopic (exact) mass is 265 g/mol. The third-order valence-electron chi connectivity index (χ3n) is 3.06. The number of nitrogens with zero attached hydrogens (tertiary/aromatic N) is 1. The molecular formula is C16H15N3O. The Balaban J connectivity index is 2.06. The molecule has 4 nitrogen and oxygen atoms in total. The number of carbonyl (C=O) groups excluding carboxylic acids is 1. The van der Waals surface area contributed by atoms with E-state index in [9.17, 15) is 4.79 Å². The van der Waals surface area contributed by atoms with E-state index in [-0.39, 0.29) is 11.9 Å². The van der Waals surface area contributed by atoms with Gasteiger partial charge in [0.2, 0.25) is 0 Å². The number of nitrogens with one attached hydrogen (secondary N) is 1. The van der Waals surface area contributed by atoms with Gasteiger partial charge in [0, 0.05) is 11.3 Å². The summed E-state index contributed by atoms with van der Waals surface area (Å²) in [6.07, 6.45) is 0. The van der Waals surface area contributed by atoms with Gasteiger partial charge in [-0.05, 0) is 48.9 Å². The van der Waals surface area contributed by atoms with E-state index in [1.54, 1.807) is 36.4 Å². The number of amides is 1. The zero-order chi connectivity index (χ0) is 14.5. The molecule has 0 aliphatic rings. The van der Waals surface area contributed by atoms with Crippen LogP contribution in [0.3, 0.4) is 0 Å². The number of benzene rings is 2. The minimum absolute atomic E-state index is 0.112. The predicted molar refractivity (Wildman–Crippen MR) is 77.9 cm³/mol.